The second kappa shape index (κ2) is 8.78. The second-order valence-electron chi connectivity index (χ2n) is 7.56. The highest BCUT2D eigenvalue weighted by Gasteiger charge is 2.20. The van der Waals surface area contributed by atoms with Crippen molar-refractivity contribution in [2.24, 2.45) is 0 Å². The van der Waals surface area contributed by atoms with Gasteiger partial charge in [0.25, 0.3) is 5.91 Å². The number of carbonyl (C=O) groups is 1. The number of aromatic nitrogens is 4. The third-order valence-corrected chi connectivity index (χ3v) is 5.34. The van der Waals surface area contributed by atoms with Crippen LogP contribution in [0.5, 0.6) is 5.75 Å². The Hall–Kier alpha value is -4.14. The number of anilines is 1. The Morgan fingerprint density at radius 2 is 1.91 bits per heavy atom. The van der Waals surface area contributed by atoms with Gasteiger partial charge >= 0.3 is 0 Å². The molecule has 5 rings (SSSR count). The van der Waals surface area contributed by atoms with Gasteiger partial charge in [-0.05, 0) is 42.7 Å². The van der Waals surface area contributed by atoms with Crippen LogP contribution in [0.2, 0.25) is 0 Å². The predicted octanol–water partition coefficient (Wildman–Crippen LogP) is 4.71. The standard InChI is InChI=1S/C24H19F2N5O2/c25-18-14-20-17(13-16(18)15-6-7-27-21(26)12-15)24(32)30-22-5-3-4-19(29-22)23-28-8-10-31(23)9-1-2-11-33-20/h3-8,10,12-14H,1-2,9,11H2,(H,29,30,32). The molecule has 2 bridgehead atoms. The maximum atomic E-state index is 14.9. The molecule has 33 heavy (non-hydrogen) atoms. The van der Waals surface area contributed by atoms with Crippen LogP contribution in [0.4, 0.5) is 14.6 Å². The van der Waals surface area contributed by atoms with Crippen molar-refractivity contribution >= 4 is 11.7 Å². The molecule has 4 heterocycles. The zero-order chi connectivity index (χ0) is 22.8. The lowest BCUT2D eigenvalue weighted by atomic mass is 10.0. The number of imidazole rings is 1. The van der Waals surface area contributed by atoms with E-state index in [0.29, 0.717) is 36.9 Å². The average molecular weight is 447 g/mol. The van der Waals surface area contributed by atoms with Crippen LogP contribution in [0, 0.1) is 11.8 Å². The first kappa shape index (κ1) is 20.7. The van der Waals surface area contributed by atoms with Crippen molar-refractivity contribution in [3.8, 4) is 28.4 Å². The smallest absolute Gasteiger partial charge is 0.260 e. The number of benzene rings is 1. The molecule has 0 fully saturated rings. The third-order valence-electron chi connectivity index (χ3n) is 5.34. The van der Waals surface area contributed by atoms with Crippen LogP contribution >= 0.6 is 0 Å². The molecule has 1 aromatic carbocycles. The summed E-state index contributed by atoms with van der Waals surface area (Å²) in [5, 5.41) is 2.75. The first-order valence-corrected chi connectivity index (χ1v) is 10.5. The second-order valence-corrected chi connectivity index (χ2v) is 7.56. The van der Waals surface area contributed by atoms with Gasteiger partial charge in [-0.3, -0.25) is 4.79 Å². The summed E-state index contributed by atoms with van der Waals surface area (Å²) in [4.78, 5) is 25.6. The van der Waals surface area contributed by atoms with Crippen molar-refractivity contribution in [2.75, 3.05) is 11.9 Å². The van der Waals surface area contributed by atoms with Crippen molar-refractivity contribution in [2.45, 2.75) is 19.4 Å². The maximum absolute atomic E-state index is 14.9. The van der Waals surface area contributed by atoms with E-state index in [4.69, 9.17) is 4.74 Å². The first-order valence-electron chi connectivity index (χ1n) is 10.5. The molecule has 0 saturated heterocycles. The summed E-state index contributed by atoms with van der Waals surface area (Å²) in [6.45, 7) is 1.02. The van der Waals surface area contributed by atoms with Crippen molar-refractivity contribution < 1.29 is 18.3 Å². The molecular weight excluding hydrogens is 428 g/mol. The number of rotatable bonds is 1. The molecule has 166 valence electrons. The highest BCUT2D eigenvalue weighted by molar-refractivity contribution is 6.06. The van der Waals surface area contributed by atoms with Gasteiger partial charge in [-0.25, -0.2) is 19.3 Å². The molecule has 1 aliphatic heterocycles. The molecule has 0 spiro atoms. The first-order chi connectivity index (χ1) is 16.1. The van der Waals surface area contributed by atoms with Crippen LogP contribution in [0.3, 0.4) is 0 Å². The molecule has 3 aromatic heterocycles. The highest BCUT2D eigenvalue weighted by Crippen LogP contribution is 2.31. The number of hydrogen-bond acceptors (Lipinski definition) is 5. The van der Waals surface area contributed by atoms with E-state index in [2.05, 4.69) is 20.3 Å². The lowest BCUT2D eigenvalue weighted by Crippen LogP contribution is -2.16. The zero-order valence-corrected chi connectivity index (χ0v) is 17.5. The van der Waals surface area contributed by atoms with Gasteiger partial charge in [0.15, 0.2) is 5.82 Å². The molecule has 1 aliphatic rings. The molecule has 1 amide bonds. The van der Waals surface area contributed by atoms with E-state index in [1.54, 1.807) is 18.3 Å². The van der Waals surface area contributed by atoms with E-state index in [-0.39, 0.29) is 22.4 Å². The number of nitrogens with zero attached hydrogens (tertiary/aromatic N) is 4. The molecule has 0 unspecified atom stereocenters. The van der Waals surface area contributed by atoms with Crippen molar-refractivity contribution in [3.63, 3.8) is 0 Å². The fraction of sp³-hybridized carbons (Fsp3) is 0.167. The fourth-order valence-electron chi connectivity index (χ4n) is 3.74. The summed E-state index contributed by atoms with van der Waals surface area (Å²) in [6.07, 6.45) is 6.31. The molecule has 0 atom stereocenters. The largest absolute Gasteiger partial charge is 0.493 e. The van der Waals surface area contributed by atoms with E-state index >= 15 is 0 Å². The van der Waals surface area contributed by atoms with Gasteiger partial charge in [-0.15, -0.1) is 0 Å². The zero-order valence-electron chi connectivity index (χ0n) is 17.5. The van der Waals surface area contributed by atoms with Crippen LogP contribution in [-0.4, -0.2) is 32.0 Å². The van der Waals surface area contributed by atoms with Crippen molar-refractivity contribution in [1.29, 1.82) is 0 Å². The van der Waals surface area contributed by atoms with E-state index in [1.165, 1.54) is 18.3 Å². The summed E-state index contributed by atoms with van der Waals surface area (Å²) in [7, 11) is 0. The topological polar surface area (TPSA) is 81.9 Å². The molecule has 0 saturated carbocycles. The van der Waals surface area contributed by atoms with Crippen molar-refractivity contribution in [1.82, 2.24) is 19.5 Å². The SMILES string of the molecule is O=C1Nc2cccc(n2)-c2nccn2CCCCOc2cc(F)c(-c3ccnc(F)c3)cc21. The summed E-state index contributed by atoms with van der Waals surface area (Å²) in [6, 6.07) is 10.4. The van der Waals surface area contributed by atoms with Gasteiger partial charge in [0, 0.05) is 42.8 Å². The minimum Gasteiger partial charge on any atom is -0.493 e. The van der Waals surface area contributed by atoms with E-state index in [9.17, 15) is 13.6 Å². The number of nitrogens with one attached hydrogen (secondary N) is 1. The summed E-state index contributed by atoms with van der Waals surface area (Å²) < 4.78 is 36.3. The Morgan fingerprint density at radius 3 is 2.79 bits per heavy atom. The average Bonchev–Trinajstić information content (AvgIpc) is 3.27. The molecule has 9 heteroatoms. The molecule has 7 nitrogen and oxygen atoms in total. The van der Waals surface area contributed by atoms with Crippen LogP contribution in [0.1, 0.15) is 23.2 Å². The quantitative estimate of drug-likeness (QED) is 0.428. The minimum atomic E-state index is -0.743. The number of fused-ring (bicyclic) bond motifs is 5. The number of ether oxygens (including phenoxy) is 1. The van der Waals surface area contributed by atoms with E-state index in [1.807, 2.05) is 16.8 Å². The number of halogens is 2. The molecule has 1 N–H and O–H groups in total. The van der Waals surface area contributed by atoms with Gasteiger partial charge < -0.3 is 14.6 Å². The Labute approximate surface area is 188 Å². The minimum absolute atomic E-state index is 0.0682. The number of amides is 1. The Balaban J connectivity index is 1.57. The number of hydrogen-bond donors (Lipinski definition) is 1. The van der Waals surface area contributed by atoms with Gasteiger partial charge in [0.1, 0.15) is 23.1 Å². The van der Waals surface area contributed by atoms with E-state index < -0.39 is 17.7 Å². The van der Waals surface area contributed by atoms with Gasteiger partial charge in [0.2, 0.25) is 5.95 Å². The Kier molecular flexibility index (Phi) is 5.52. The van der Waals surface area contributed by atoms with Crippen molar-refractivity contribution in [3.05, 3.63) is 78.4 Å². The van der Waals surface area contributed by atoms with Crippen LogP contribution in [-0.2, 0) is 6.54 Å². The summed E-state index contributed by atoms with van der Waals surface area (Å²) in [5.41, 5.74) is 1.08. The molecule has 0 radical (unpaired) electrons. The number of aryl methyl sites for hydroxylation is 1. The maximum Gasteiger partial charge on any atom is 0.260 e. The Bertz CT molecular complexity index is 1340. The highest BCUT2D eigenvalue weighted by atomic mass is 19.1. The molecule has 4 aromatic rings. The monoisotopic (exact) mass is 447 g/mol. The number of pyridine rings is 2. The molecule has 0 aliphatic carbocycles. The lowest BCUT2D eigenvalue weighted by Gasteiger charge is -2.16. The predicted molar refractivity (Wildman–Crippen MR) is 118 cm³/mol. The van der Waals surface area contributed by atoms with Gasteiger partial charge in [0.05, 0.1) is 12.2 Å². The lowest BCUT2D eigenvalue weighted by molar-refractivity contribution is 0.102. The fourth-order valence-corrected chi connectivity index (χ4v) is 3.74. The molecular formula is C24H19F2N5O2. The normalized spacial score (nSPS) is 13.8. The van der Waals surface area contributed by atoms with Crippen LogP contribution in [0.15, 0.2) is 61.1 Å². The van der Waals surface area contributed by atoms with Gasteiger partial charge in [-0.2, -0.15) is 4.39 Å². The number of carbonyl (C=O) groups excluding carboxylic acids is 1. The summed E-state index contributed by atoms with van der Waals surface area (Å²) in [5.74, 6) is -0.765. The summed E-state index contributed by atoms with van der Waals surface area (Å²) >= 11 is 0. The third kappa shape index (κ3) is 4.30. The van der Waals surface area contributed by atoms with Crippen LogP contribution < -0.4 is 10.1 Å². The van der Waals surface area contributed by atoms with Crippen LogP contribution in [0.25, 0.3) is 22.6 Å². The van der Waals surface area contributed by atoms with E-state index in [0.717, 1.165) is 18.6 Å². The van der Waals surface area contributed by atoms with Gasteiger partial charge in [-0.1, -0.05) is 6.07 Å². The Morgan fingerprint density at radius 1 is 1.00 bits per heavy atom.